The predicted molar refractivity (Wildman–Crippen MR) is 88.8 cm³/mol. The van der Waals surface area contributed by atoms with Crippen LogP contribution in [0.25, 0.3) is 0 Å². The summed E-state index contributed by atoms with van der Waals surface area (Å²) in [5, 5.41) is 0. The topological polar surface area (TPSA) is 81.9 Å². The van der Waals surface area contributed by atoms with Crippen molar-refractivity contribution in [3.8, 4) is 11.5 Å². The Morgan fingerprint density at radius 1 is 1.25 bits per heavy atom. The number of carbonyl (C=O) groups is 2. The first-order chi connectivity index (χ1) is 11.5. The molecule has 1 aromatic carbocycles. The summed E-state index contributed by atoms with van der Waals surface area (Å²) in [7, 11) is 3.15. The minimum absolute atomic E-state index is 0.0725. The van der Waals surface area contributed by atoms with Crippen LogP contribution in [0.4, 0.5) is 0 Å². The summed E-state index contributed by atoms with van der Waals surface area (Å²) in [4.78, 5) is 26.4. The lowest BCUT2D eigenvalue weighted by Crippen LogP contribution is -2.47. The molecule has 2 N–H and O–H groups in total. The second-order valence-electron chi connectivity index (χ2n) is 6.60. The highest BCUT2D eigenvalue weighted by atomic mass is 16.5. The van der Waals surface area contributed by atoms with Gasteiger partial charge in [-0.15, -0.1) is 0 Å². The van der Waals surface area contributed by atoms with E-state index in [0.717, 1.165) is 24.8 Å². The molecule has 2 aliphatic rings. The first kappa shape index (κ1) is 16.6. The molecule has 6 nitrogen and oxygen atoms in total. The van der Waals surface area contributed by atoms with Gasteiger partial charge in [-0.2, -0.15) is 0 Å². The standard InChI is InChI=1S/C18H24N2O4/c1-23-13-7-6-11(15(9-13)24-2)8-16(21)20-10-12-4-3-5-14(12)17(20)18(19)22/h6-7,9,12,14,17H,3-5,8,10H2,1-2H3,(H2,19,22)/t12-,14-,17-/m0/s1. The molecule has 0 unspecified atom stereocenters. The molecule has 0 radical (unpaired) electrons. The number of nitrogens with two attached hydrogens (primary N) is 1. The van der Waals surface area contributed by atoms with Crippen LogP contribution in [0, 0.1) is 11.8 Å². The minimum atomic E-state index is -0.464. The van der Waals surface area contributed by atoms with E-state index in [9.17, 15) is 9.59 Å². The van der Waals surface area contributed by atoms with Crippen LogP contribution in [0.1, 0.15) is 24.8 Å². The lowest BCUT2D eigenvalue weighted by molar-refractivity contribution is -0.137. The maximum atomic E-state index is 12.8. The molecule has 0 bridgehead atoms. The van der Waals surface area contributed by atoms with Crippen LogP contribution >= 0.6 is 0 Å². The van der Waals surface area contributed by atoms with Crippen molar-refractivity contribution in [2.75, 3.05) is 20.8 Å². The van der Waals surface area contributed by atoms with E-state index < -0.39 is 6.04 Å². The average molecular weight is 332 g/mol. The quantitative estimate of drug-likeness (QED) is 0.882. The van der Waals surface area contributed by atoms with Gasteiger partial charge in [-0.05, 0) is 30.7 Å². The third-order valence-corrected chi connectivity index (χ3v) is 5.34. The molecule has 1 heterocycles. The van der Waals surface area contributed by atoms with Crippen LogP contribution in [0.15, 0.2) is 18.2 Å². The largest absolute Gasteiger partial charge is 0.497 e. The SMILES string of the molecule is COc1ccc(CC(=O)N2C[C@@H]3CCC[C@@H]3[C@H]2C(N)=O)c(OC)c1. The summed E-state index contributed by atoms with van der Waals surface area (Å²) < 4.78 is 10.5. The number of ether oxygens (including phenoxy) is 2. The van der Waals surface area contributed by atoms with Crippen LogP contribution in [-0.2, 0) is 16.0 Å². The first-order valence-corrected chi connectivity index (χ1v) is 8.34. The average Bonchev–Trinajstić information content (AvgIpc) is 3.15. The zero-order chi connectivity index (χ0) is 17.3. The molecular formula is C18H24N2O4. The Morgan fingerprint density at radius 3 is 2.71 bits per heavy atom. The van der Waals surface area contributed by atoms with Crippen molar-refractivity contribution in [2.24, 2.45) is 17.6 Å². The van der Waals surface area contributed by atoms with Gasteiger partial charge in [-0.25, -0.2) is 0 Å². The second kappa shape index (κ2) is 6.71. The van der Waals surface area contributed by atoms with Crippen molar-refractivity contribution in [3.05, 3.63) is 23.8 Å². The summed E-state index contributed by atoms with van der Waals surface area (Å²) in [5.41, 5.74) is 6.38. The molecule has 3 rings (SSSR count). The zero-order valence-corrected chi connectivity index (χ0v) is 14.2. The maximum Gasteiger partial charge on any atom is 0.240 e. The fourth-order valence-electron chi connectivity index (χ4n) is 4.19. The highest BCUT2D eigenvalue weighted by molar-refractivity contribution is 5.89. The Bertz CT molecular complexity index is 646. The van der Waals surface area contributed by atoms with E-state index in [-0.39, 0.29) is 24.2 Å². The summed E-state index contributed by atoms with van der Waals surface area (Å²) in [6.07, 6.45) is 3.36. The Labute approximate surface area is 141 Å². The zero-order valence-electron chi connectivity index (χ0n) is 14.2. The number of carbonyl (C=O) groups excluding carboxylic acids is 2. The third-order valence-electron chi connectivity index (χ3n) is 5.34. The van der Waals surface area contributed by atoms with E-state index in [1.807, 2.05) is 6.07 Å². The summed E-state index contributed by atoms with van der Waals surface area (Å²) in [6, 6.07) is 4.92. The monoisotopic (exact) mass is 332 g/mol. The van der Waals surface area contributed by atoms with Gasteiger partial charge in [0.1, 0.15) is 17.5 Å². The van der Waals surface area contributed by atoms with E-state index in [2.05, 4.69) is 0 Å². The van der Waals surface area contributed by atoms with Crippen molar-refractivity contribution in [3.63, 3.8) is 0 Å². The minimum Gasteiger partial charge on any atom is -0.497 e. The van der Waals surface area contributed by atoms with Crippen LogP contribution in [0.3, 0.4) is 0 Å². The molecule has 1 saturated heterocycles. The molecule has 130 valence electrons. The van der Waals surface area contributed by atoms with Gasteiger partial charge in [0, 0.05) is 18.2 Å². The van der Waals surface area contributed by atoms with Crippen molar-refractivity contribution in [2.45, 2.75) is 31.7 Å². The number of hydrogen-bond donors (Lipinski definition) is 1. The number of likely N-dealkylation sites (tertiary alicyclic amines) is 1. The Balaban J connectivity index is 1.78. The first-order valence-electron chi connectivity index (χ1n) is 8.34. The molecule has 1 aliphatic heterocycles. The highest BCUT2D eigenvalue weighted by Crippen LogP contribution is 2.42. The summed E-state index contributed by atoms with van der Waals surface area (Å²) >= 11 is 0. The molecule has 2 fully saturated rings. The van der Waals surface area contributed by atoms with Gasteiger partial charge in [0.2, 0.25) is 11.8 Å². The number of hydrogen-bond acceptors (Lipinski definition) is 4. The van der Waals surface area contributed by atoms with E-state index in [1.54, 1.807) is 31.3 Å². The molecule has 1 aromatic rings. The van der Waals surface area contributed by atoms with Crippen molar-refractivity contribution in [1.82, 2.24) is 4.90 Å². The number of rotatable bonds is 5. The van der Waals surface area contributed by atoms with Gasteiger partial charge in [0.25, 0.3) is 0 Å². The van der Waals surface area contributed by atoms with Crippen molar-refractivity contribution < 1.29 is 19.1 Å². The molecule has 2 amide bonds. The van der Waals surface area contributed by atoms with Crippen molar-refractivity contribution >= 4 is 11.8 Å². The summed E-state index contributed by atoms with van der Waals surface area (Å²) in [6.45, 7) is 0.635. The fourth-order valence-corrected chi connectivity index (χ4v) is 4.19. The Morgan fingerprint density at radius 2 is 2.04 bits per heavy atom. The molecule has 3 atom stereocenters. The number of nitrogens with zero attached hydrogens (tertiary/aromatic N) is 1. The number of fused-ring (bicyclic) bond motifs is 1. The predicted octanol–water partition coefficient (Wildman–Crippen LogP) is 1.36. The molecule has 24 heavy (non-hydrogen) atoms. The lowest BCUT2D eigenvalue weighted by Gasteiger charge is -2.25. The van der Waals surface area contributed by atoms with Gasteiger partial charge in [-0.1, -0.05) is 12.5 Å². The van der Waals surface area contributed by atoms with Crippen LogP contribution in [-0.4, -0.2) is 43.5 Å². The fraction of sp³-hybridized carbons (Fsp3) is 0.556. The van der Waals surface area contributed by atoms with Gasteiger partial charge in [0.15, 0.2) is 0 Å². The highest BCUT2D eigenvalue weighted by Gasteiger charge is 2.48. The third kappa shape index (κ3) is 2.92. The second-order valence-corrected chi connectivity index (χ2v) is 6.60. The van der Waals surface area contributed by atoms with E-state index in [1.165, 1.54) is 0 Å². The molecule has 6 heteroatoms. The molecule has 0 aromatic heterocycles. The van der Waals surface area contributed by atoms with E-state index in [0.29, 0.717) is 24.0 Å². The van der Waals surface area contributed by atoms with Crippen LogP contribution in [0.5, 0.6) is 11.5 Å². The number of benzene rings is 1. The van der Waals surface area contributed by atoms with Crippen LogP contribution in [0.2, 0.25) is 0 Å². The molecular weight excluding hydrogens is 308 g/mol. The van der Waals surface area contributed by atoms with Gasteiger partial charge < -0.3 is 20.1 Å². The normalized spacial score (nSPS) is 25.4. The number of amides is 2. The smallest absolute Gasteiger partial charge is 0.240 e. The van der Waals surface area contributed by atoms with Crippen molar-refractivity contribution in [1.29, 1.82) is 0 Å². The van der Waals surface area contributed by atoms with Gasteiger partial charge in [-0.3, -0.25) is 9.59 Å². The van der Waals surface area contributed by atoms with Gasteiger partial charge >= 0.3 is 0 Å². The number of primary amides is 1. The Hall–Kier alpha value is -2.24. The number of methoxy groups -OCH3 is 2. The van der Waals surface area contributed by atoms with E-state index in [4.69, 9.17) is 15.2 Å². The Kier molecular flexibility index (Phi) is 4.64. The van der Waals surface area contributed by atoms with Crippen LogP contribution < -0.4 is 15.2 Å². The summed E-state index contributed by atoms with van der Waals surface area (Å²) in [5.74, 6) is 1.45. The molecule has 0 spiro atoms. The van der Waals surface area contributed by atoms with E-state index >= 15 is 0 Å². The molecule has 1 aliphatic carbocycles. The lowest BCUT2D eigenvalue weighted by atomic mass is 9.93. The molecule has 1 saturated carbocycles. The van der Waals surface area contributed by atoms with Gasteiger partial charge in [0.05, 0.1) is 20.6 Å². The maximum absolute atomic E-state index is 12.8.